The number of nitrogens with zero attached hydrogens (tertiary/aromatic N) is 2. The van der Waals surface area contributed by atoms with Gasteiger partial charge in [0.05, 0.1) is 16.0 Å². The van der Waals surface area contributed by atoms with Gasteiger partial charge in [0.1, 0.15) is 5.82 Å². The lowest BCUT2D eigenvalue weighted by atomic mass is 10.2. The van der Waals surface area contributed by atoms with E-state index in [1.165, 1.54) is 0 Å². The van der Waals surface area contributed by atoms with Crippen molar-refractivity contribution in [2.75, 3.05) is 23.8 Å². The highest BCUT2D eigenvalue weighted by Crippen LogP contribution is 2.25. The summed E-state index contributed by atoms with van der Waals surface area (Å²) in [7, 11) is -3.61. The van der Waals surface area contributed by atoms with Crippen molar-refractivity contribution >= 4 is 43.4 Å². The standard InChI is InChI=1S/C20H30BrN5O3S/c1-4-5-6-7-10-23-30(28,29)18-11-16(9-8-14(18)2)25-20-22-12-17(21)19(26-20)24-15(3)13-27/h8-9,11-12,15,23,27H,4-7,10,13H2,1-3H3,(H2,22,24,25,26)/t15-/m1/s1. The zero-order valence-electron chi connectivity index (χ0n) is 17.6. The summed E-state index contributed by atoms with van der Waals surface area (Å²) in [6, 6.07) is 4.94. The van der Waals surface area contributed by atoms with E-state index in [0.29, 0.717) is 34.0 Å². The maximum Gasteiger partial charge on any atom is 0.240 e. The molecule has 0 saturated carbocycles. The molecule has 1 aromatic heterocycles. The Labute approximate surface area is 187 Å². The van der Waals surface area contributed by atoms with Crippen molar-refractivity contribution in [3.05, 3.63) is 34.4 Å². The zero-order valence-corrected chi connectivity index (χ0v) is 20.0. The molecule has 166 valence electrons. The Balaban J connectivity index is 2.16. The third kappa shape index (κ3) is 7.19. The molecule has 10 heteroatoms. The highest BCUT2D eigenvalue weighted by Gasteiger charge is 2.17. The van der Waals surface area contributed by atoms with Gasteiger partial charge in [-0.05, 0) is 53.9 Å². The third-order valence-electron chi connectivity index (χ3n) is 4.46. The maximum atomic E-state index is 12.7. The molecule has 0 fully saturated rings. The van der Waals surface area contributed by atoms with Crippen LogP contribution in [0, 0.1) is 6.92 Å². The summed E-state index contributed by atoms with van der Waals surface area (Å²) in [6.07, 6.45) is 5.62. The lowest BCUT2D eigenvalue weighted by Crippen LogP contribution is -2.25. The lowest BCUT2D eigenvalue weighted by molar-refractivity contribution is 0.281. The van der Waals surface area contributed by atoms with Crippen molar-refractivity contribution in [1.82, 2.24) is 14.7 Å². The number of aliphatic hydroxyl groups excluding tert-OH is 1. The molecule has 4 N–H and O–H groups in total. The molecule has 0 bridgehead atoms. The quantitative estimate of drug-likeness (QED) is 0.326. The first-order chi connectivity index (χ1) is 14.3. The second kappa shape index (κ2) is 11.6. The van der Waals surface area contributed by atoms with Gasteiger partial charge in [0, 0.05) is 24.5 Å². The average molecular weight is 500 g/mol. The summed E-state index contributed by atoms with van der Waals surface area (Å²) in [5.74, 6) is 0.841. The van der Waals surface area contributed by atoms with Gasteiger partial charge >= 0.3 is 0 Å². The van der Waals surface area contributed by atoms with E-state index in [2.05, 4.69) is 48.2 Å². The van der Waals surface area contributed by atoms with E-state index in [1.54, 1.807) is 31.3 Å². The summed E-state index contributed by atoms with van der Waals surface area (Å²) < 4.78 is 28.8. The summed E-state index contributed by atoms with van der Waals surface area (Å²) in [6.45, 7) is 6.10. The topological polar surface area (TPSA) is 116 Å². The Bertz CT molecular complexity index is 940. The van der Waals surface area contributed by atoms with Gasteiger partial charge in [0.15, 0.2) is 0 Å². The summed E-state index contributed by atoms with van der Waals surface area (Å²) in [4.78, 5) is 8.84. The molecular weight excluding hydrogens is 470 g/mol. The van der Waals surface area contributed by atoms with Gasteiger partial charge in [-0.1, -0.05) is 32.3 Å². The molecule has 0 aliphatic heterocycles. The fourth-order valence-electron chi connectivity index (χ4n) is 2.74. The summed E-state index contributed by atoms with van der Waals surface area (Å²) >= 11 is 3.38. The molecule has 2 rings (SSSR count). The van der Waals surface area contributed by atoms with Gasteiger partial charge in [0.25, 0.3) is 0 Å². The van der Waals surface area contributed by atoms with Crippen LogP contribution < -0.4 is 15.4 Å². The minimum atomic E-state index is -3.61. The van der Waals surface area contributed by atoms with E-state index in [1.807, 2.05) is 6.92 Å². The number of sulfonamides is 1. The molecule has 0 amide bonds. The van der Waals surface area contributed by atoms with Crippen molar-refractivity contribution in [2.24, 2.45) is 0 Å². The van der Waals surface area contributed by atoms with E-state index in [9.17, 15) is 13.5 Å². The van der Waals surface area contributed by atoms with Crippen LogP contribution >= 0.6 is 15.9 Å². The first-order valence-electron chi connectivity index (χ1n) is 10.0. The number of aromatic nitrogens is 2. The fourth-order valence-corrected chi connectivity index (χ4v) is 4.39. The Hall–Kier alpha value is -1.75. The van der Waals surface area contributed by atoms with Gasteiger partial charge in [0.2, 0.25) is 16.0 Å². The smallest absolute Gasteiger partial charge is 0.240 e. The molecular formula is C20H30BrN5O3S. The Morgan fingerprint density at radius 3 is 2.70 bits per heavy atom. The molecule has 0 saturated heterocycles. The first kappa shape index (κ1) is 24.5. The molecule has 0 radical (unpaired) electrons. The van der Waals surface area contributed by atoms with E-state index < -0.39 is 10.0 Å². The van der Waals surface area contributed by atoms with Gasteiger partial charge in [-0.3, -0.25) is 0 Å². The Morgan fingerprint density at radius 1 is 1.23 bits per heavy atom. The van der Waals surface area contributed by atoms with E-state index in [4.69, 9.17) is 0 Å². The van der Waals surface area contributed by atoms with Crippen LogP contribution in [-0.4, -0.2) is 42.7 Å². The van der Waals surface area contributed by atoms with Gasteiger partial charge in [-0.25, -0.2) is 18.1 Å². The molecule has 0 spiro atoms. The molecule has 1 aromatic carbocycles. The average Bonchev–Trinajstić information content (AvgIpc) is 2.71. The number of unbranched alkanes of at least 4 members (excludes halogenated alkanes) is 3. The van der Waals surface area contributed by atoms with Crippen LogP contribution in [0.15, 0.2) is 33.8 Å². The van der Waals surface area contributed by atoms with E-state index >= 15 is 0 Å². The number of hydrogen-bond donors (Lipinski definition) is 4. The number of hydrogen-bond acceptors (Lipinski definition) is 7. The second-order valence-corrected chi connectivity index (χ2v) is 9.77. The van der Waals surface area contributed by atoms with Crippen LogP contribution in [0.1, 0.15) is 45.1 Å². The van der Waals surface area contributed by atoms with Gasteiger partial charge < -0.3 is 15.7 Å². The molecule has 0 aliphatic rings. The van der Waals surface area contributed by atoms with Crippen LogP contribution in [0.4, 0.5) is 17.5 Å². The monoisotopic (exact) mass is 499 g/mol. The number of benzene rings is 1. The van der Waals surface area contributed by atoms with Crippen molar-refractivity contribution in [3.63, 3.8) is 0 Å². The van der Waals surface area contributed by atoms with Crippen LogP contribution in [0.25, 0.3) is 0 Å². The third-order valence-corrected chi connectivity index (χ3v) is 6.64. The van der Waals surface area contributed by atoms with Crippen LogP contribution in [0.2, 0.25) is 0 Å². The fraction of sp³-hybridized carbons (Fsp3) is 0.500. The summed E-state index contributed by atoms with van der Waals surface area (Å²) in [5.41, 5.74) is 1.23. The van der Waals surface area contributed by atoms with Crippen LogP contribution in [0.5, 0.6) is 0 Å². The number of halogens is 1. The maximum absolute atomic E-state index is 12.7. The Kier molecular flexibility index (Phi) is 9.47. The van der Waals surface area contributed by atoms with Gasteiger partial charge in [-0.2, -0.15) is 4.98 Å². The molecule has 0 unspecified atom stereocenters. The molecule has 1 atom stereocenters. The van der Waals surface area contributed by atoms with E-state index in [-0.39, 0.29) is 17.5 Å². The minimum absolute atomic E-state index is 0.0379. The van der Waals surface area contributed by atoms with Crippen molar-refractivity contribution < 1.29 is 13.5 Å². The van der Waals surface area contributed by atoms with Crippen LogP contribution in [0.3, 0.4) is 0 Å². The summed E-state index contributed by atoms with van der Waals surface area (Å²) in [5, 5.41) is 15.4. The van der Waals surface area contributed by atoms with Gasteiger partial charge in [-0.15, -0.1) is 0 Å². The number of aryl methyl sites for hydroxylation is 1. The molecule has 0 aliphatic carbocycles. The number of rotatable bonds is 12. The predicted octanol–water partition coefficient (Wildman–Crippen LogP) is 3.94. The highest BCUT2D eigenvalue weighted by atomic mass is 79.9. The number of aliphatic hydroxyl groups is 1. The van der Waals surface area contributed by atoms with Crippen molar-refractivity contribution in [1.29, 1.82) is 0 Å². The Morgan fingerprint density at radius 2 is 2.00 bits per heavy atom. The SMILES string of the molecule is CCCCCCNS(=O)(=O)c1cc(Nc2ncc(Br)c(N[C@H](C)CO)n2)ccc1C. The molecule has 30 heavy (non-hydrogen) atoms. The number of anilines is 3. The van der Waals surface area contributed by atoms with Crippen LogP contribution in [-0.2, 0) is 10.0 Å². The molecule has 1 heterocycles. The van der Waals surface area contributed by atoms with Crippen molar-refractivity contribution in [3.8, 4) is 0 Å². The minimum Gasteiger partial charge on any atom is -0.394 e. The highest BCUT2D eigenvalue weighted by molar-refractivity contribution is 9.10. The first-order valence-corrected chi connectivity index (χ1v) is 12.3. The number of nitrogens with one attached hydrogen (secondary N) is 3. The second-order valence-electron chi connectivity index (χ2n) is 7.18. The zero-order chi connectivity index (χ0) is 22.1. The van der Waals surface area contributed by atoms with E-state index in [0.717, 1.165) is 25.7 Å². The normalized spacial score (nSPS) is 12.6. The van der Waals surface area contributed by atoms with Crippen molar-refractivity contribution in [2.45, 2.75) is 57.4 Å². The molecule has 8 nitrogen and oxygen atoms in total. The largest absolute Gasteiger partial charge is 0.394 e. The predicted molar refractivity (Wildman–Crippen MR) is 124 cm³/mol. The molecule has 2 aromatic rings. The lowest BCUT2D eigenvalue weighted by Gasteiger charge is -2.15.